The topological polar surface area (TPSA) is 84.0 Å². The van der Waals surface area contributed by atoms with Gasteiger partial charge in [0.25, 0.3) is 23.6 Å². The molecule has 0 radical (unpaired) electrons. The first-order valence-corrected chi connectivity index (χ1v) is 14.4. The first-order valence-electron chi connectivity index (χ1n) is 14.4. The molecule has 0 N–H and O–H groups in total. The lowest BCUT2D eigenvalue weighted by atomic mass is 9.79. The summed E-state index contributed by atoms with van der Waals surface area (Å²) in [5.41, 5.74) is 1.50. The van der Waals surface area contributed by atoms with Crippen LogP contribution in [0.15, 0.2) is 36.4 Å². The first kappa shape index (κ1) is 25.8. The summed E-state index contributed by atoms with van der Waals surface area (Å²) in [5, 5.41) is 0. The van der Waals surface area contributed by atoms with Gasteiger partial charge in [-0.05, 0) is 85.8 Å². The highest BCUT2D eigenvalue weighted by molar-refractivity contribution is 6.22. The highest BCUT2D eigenvalue weighted by Crippen LogP contribution is 2.40. The molecule has 7 nitrogen and oxygen atoms in total. The van der Waals surface area contributed by atoms with Crippen molar-refractivity contribution in [3.8, 4) is 11.5 Å². The number of nitrogens with zero attached hydrogens (tertiary/aromatic N) is 2. The van der Waals surface area contributed by atoms with E-state index in [0.29, 0.717) is 45.6 Å². The average Bonchev–Trinajstić information content (AvgIpc) is 3.30. The Labute approximate surface area is 229 Å². The Morgan fingerprint density at radius 2 is 0.949 bits per heavy atom. The molecule has 2 aliphatic carbocycles. The molecule has 4 amide bonds. The molecule has 2 aliphatic heterocycles. The van der Waals surface area contributed by atoms with E-state index in [1.165, 1.54) is 9.80 Å². The fourth-order valence-electron chi connectivity index (χ4n) is 7.07. The van der Waals surface area contributed by atoms with Gasteiger partial charge in [0.1, 0.15) is 11.5 Å². The molecule has 7 heteroatoms. The number of carbonyl (C=O) groups is 4. The van der Waals surface area contributed by atoms with Crippen molar-refractivity contribution in [3.05, 3.63) is 58.7 Å². The second-order valence-electron chi connectivity index (χ2n) is 12.4. The molecule has 2 saturated carbocycles. The lowest BCUT2D eigenvalue weighted by Crippen LogP contribution is -2.46. The molecule has 0 bridgehead atoms. The molecule has 0 unspecified atom stereocenters. The Hall–Kier alpha value is -3.48. The SMILES string of the molecule is C[C@@H]1CC[C@H](C)[C@H](N2C(=O)c3ccc(Oc4ccc5c(c4)C(=O)N([C@@H]4C[C@H](C)CC[C@@H]4C)C5=O)cc3C2=O)C1. The highest BCUT2D eigenvalue weighted by atomic mass is 16.5. The highest BCUT2D eigenvalue weighted by Gasteiger charge is 2.45. The molecule has 204 valence electrons. The summed E-state index contributed by atoms with van der Waals surface area (Å²) in [6.45, 7) is 8.58. The number of fused-ring (bicyclic) bond motifs is 2. The third kappa shape index (κ3) is 4.26. The van der Waals surface area contributed by atoms with Crippen LogP contribution in [0.5, 0.6) is 11.5 Å². The standard InChI is InChI=1S/C32H36N2O5/c1-17-5-7-19(3)27(13-17)33-29(35)23-11-9-21(15-25(23)31(33)37)39-22-10-12-24-26(16-22)32(38)34(30(24)36)28-14-18(2)6-8-20(28)4/h9-12,15-20,27-28H,5-8,13-14H2,1-4H3/t17-,18-,19+,20+,27-,28-/m1/s1. The minimum absolute atomic E-state index is 0.0939. The van der Waals surface area contributed by atoms with Crippen molar-refractivity contribution < 1.29 is 23.9 Å². The van der Waals surface area contributed by atoms with Crippen LogP contribution >= 0.6 is 0 Å². The van der Waals surface area contributed by atoms with Crippen molar-refractivity contribution in [1.29, 1.82) is 0 Å². The summed E-state index contributed by atoms with van der Waals surface area (Å²) in [6, 6.07) is 9.70. The number of amides is 4. The molecule has 2 heterocycles. The fourth-order valence-corrected chi connectivity index (χ4v) is 7.07. The molecule has 6 atom stereocenters. The number of ether oxygens (including phenoxy) is 1. The fraction of sp³-hybridized carbons (Fsp3) is 0.500. The normalized spacial score (nSPS) is 30.6. The van der Waals surface area contributed by atoms with E-state index in [2.05, 4.69) is 27.7 Å². The molecule has 39 heavy (non-hydrogen) atoms. The van der Waals surface area contributed by atoms with Crippen LogP contribution in [0.2, 0.25) is 0 Å². The van der Waals surface area contributed by atoms with Crippen molar-refractivity contribution in [2.24, 2.45) is 23.7 Å². The van der Waals surface area contributed by atoms with E-state index in [-0.39, 0.29) is 47.5 Å². The number of benzene rings is 2. The van der Waals surface area contributed by atoms with Gasteiger partial charge in [0.15, 0.2) is 0 Å². The van der Waals surface area contributed by atoms with Gasteiger partial charge in [-0.2, -0.15) is 0 Å². The average molecular weight is 529 g/mol. The number of rotatable bonds is 4. The summed E-state index contributed by atoms with van der Waals surface area (Å²) in [4.78, 5) is 56.1. The van der Waals surface area contributed by atoms with Gasteiger partial charge in [0.2, 0.25) is 0 Å². The number of imide groups is 2. The Bertz CT molecular complexity index is 1280. The monoisotopic (exact) mass is 528 g/mol. The van der Waals surface area contributed by atoms with Crippen LogP contribution in [-0.2, 0) is 0 Å². The molecule has 4 aliphatic rings. The Morgan fingerprint density at radius 1 is 0.564 bits per heavy atom. The van der Waals surface area contributed by atoms with E-state index in [1.807, 2.05) is 0 Å². The minimum atomic E-state index is -0.271. The third-order valence-electron chi connectivity index (χ3n) is 9.51. The van der Waals surface area contributed by atoms with E-state index in [0.717, 1.165) is 38.5 Å². The van der Waals surface area contributed by atoms with Crippen molar-refractivity contribution >= 4 is 23.6 Å². The van der Waals surface area contributed by atoms with Crippen LogP contribution in [0.25, 0.3) is 0 Å². The van der Waals surface area contributed by atoms with Crippen LogP contribution in [-0.4, -0.2) is 45.5 Å². The largest absolute Gasteiger partial charge is 0.457 e. The van der Waals surface area contributed by atoms with Crippen molar-refractivity contribution in [3.63, 3.8) is 0 Å². The Morgan fingerprint density at radius 3 is 1.36 bits per heavy atom. The molecule has 2 aromatic rings. The summed E-state index contributed by atoms with van der Waals surface area (Å²) >= 11 is 0. The summed E-state index contributed by atoms with van der Waals surface area (Å²) in [7, 11) is 0. The second kappa shape index (κ2) is 9.61. The lowest BCUT2D eigenvalue weighted by Gasteiger charge is -2.37. The van der Waals surface area contributed by atoms with Gasteiger partial charge in [0, 0.05) is 12.1 Å². The molecular formula is C32H36N2O5. The van der Waals surface area contributed by atoms with E-state index >= 15 is 0 Å². The van der Waals surface area contributed by atoms with Gasteiger partial charge in [-0.1, -0.05) is 40.5 Å². The van der Waals surface area contributed by atoms with E-state index in [4.69, 9.17) is 4.74 Å². The molecule has 2 fully saturated rings. The summed E-state index contributed by atoms with van der Waals surface area (Å²) in [5.74, 6) is 1.29. The first-order chi connectivity index (χ1) is 18.6. The zero-order valence-electron chi connectivity index (χ0n) is 23.1. The third-order valence-corrected chi connectivity index (χ3v) is 9.51. The van der Waals surface area contributed by atoms with Crippen LogP contribution in [0, 0.1) is 23.7 Å². The van der Waals surface area contributed by atoms with Crippen LogP contribution in [0.4, 0.5) is 0 Å². The predicted octanol–water partition coefficient (Wildman–Crippen LogP) is 6.32. The van der Waals surface area contributed by atoms with E-state index in [1.54, 1.807) is 36.4 Å². The van der Waals surface area contributed by atoms with E-state index in [9.17, 15) is 19.2 Å². The van der Waals surface area contributed by atoms with Gasteiger partial charge >= 0.3 is 0 Å². The number of carbonyl (C=O) groups excluding carboxylic acids is 4. The molecule has 0 aromatic heterocycles. The lowest BCUT2D eigenvalue weighted by molar-refractivity contribution is 0.0435. The summed E-state index contributed by atoms with van der Waals surface area (Å²) < 4.78 is 6.07. The van der Waals surface area contributed by atoms with Gasteiger partial charge in [-0.25, -0.2) is 0 Å². The van der Waals surface area contributed by atoms with Crippen molar-refractivity contribution in [1.82, 2.24) is 9.80 Å². The van der Waals surface area contributed by atoms with Gasteiger partial charge in [0.05, 0.1) is 22.3 Å². The molecule has 0 saturated heterocycles. The molecule has 0 spiro atoms. The maximum Gasteiger partial charge on any atom is 0.261 e. The van der Waals surface area contributed by atoms with Crippen LogP contribution < -0.4 is 4.74 Å². The van der Waals surface area contributed by atoms with Crippen molar-refractivity contribution in [2.75, 3.05) is 0 Å². The maximum atomic E-state index is 13.4. The second-order valence-corrected chi connectivity index (χ2v) is 12.4. The zero-order valence-corrected chi connectivity index (χ0v) is 23.1. The zero-order chi connectivity index (χ0) is 27.6. The Kier molecular flexibility index (Phi) is 6.35. The van der Waals surface area contributed by atoms with E-state index < -0.39 is 0 Å². The van der Waals surface area contributed by atoms with Gasteiger partial charge < -0.3 is 4.74 Å². The Balaban J connectivity index is 1.23. The van der Waals surface area contributed by atoms with Crippen LogP contribution in [0.1, 0.15) is 108 Å². The van der Waals surface area contributed by atoms with Gasteiger partial charge in [-0.3, -0.25) is 29.0 Å². The maximum absolute atomic E-state index is 13.4. The van der Waals surface area contributed by atoms with Gasteiger partial charge in [-0.15, -0.1) is 0 Å². The molecule has 6 rings (SSSR count). The van der Waals surface area contributed by atoms with Crippen LogP contribution in [0.3, 0.4) is 0 Å². The quantitative estimate of drug-likeness (QED) is 0.434. The number of hydrogen-bond acceptors (Lipinski definition) is 5. The molecule has 2 aromatic carbocycles. The smallest absolute Gasteiger partial charge is 0.261 e. The minimum Gasteiger partial charge on any atom is -0.457 e. The van der Waals surface area contributed by atoms with Crippen molar-refractivity contribution in [2.45, 2.75) is 78.3 Å². The predicted molar refractivity (Wildman–Crippen MR) is 146 cm³/mol. The number of hydrogen-bond donors (Lipinski definition) is 0. The molecular weight excluding hydrogens is 492 g/mol. The summed E-state index contributed by atoms with van der Waals surface area (Å²) in [6.07, 6.45) is 5.89.